The van der Waals surface area contributed by atoms with Crippen LogP contribution in [0.5, 0.6) is 0 Å². The van der Waals surface area contributed by atoms with Crippen molar-refractivity contribution in [2.75, 3.05) is 26.7 Å². The number of nitrogens with zero attached hydrogens (tertiary/aromatic N) is 2. The Morgan fingerprint density at radius 3 is 2.68 bits per heavy atom. The molecule has 3 heteroatoms. The number of ether oxygens (including phenoxy) is 1. The Morgan fingerprint density at radius 2 is 2.00 bits per heavy atom. The van der Waals surface area contributed by atoms with Crippen LogP contribution in [0.3, 0.4) is 0 Å². The van der Waals surface area contributed by atoms with Crippen molar-refractivity contribution in [1.29, 1.82) is 0 Å². The highest BCUT2D eigenvalue weighted by Crippen LogP contribution is 2.26. The number of likely N-dealkylation sites (N-methyl/N-ethyl adjacent to an activating group) is 1. The molecule has 0 aromatic rings. The molecule has 2 fully saturated rings. The minimum Gasteiger partial charge on any atom is -0.495 e. The molecule has 0 spiro atoms. The van der Waals surface area contributed by atoms with Gasteiger partial charge in [0.25, 0.3) is 0 Å². The van der Waals surface area contributed by atoms with Crippen LogP contribution in [0.15, 0.2) is 12.3 Å². The summed E-state index contributed by atoms with van der Waals surface area (Å²) in [5.74, 6) is 0.991. The second-order valence-corrected chi connectivity index (χ2v) is 6.40. The zero-order valence-corrected chi connectivity index (χ0v) is 12.9. The van der Waals surface area contributed by atoms with Crippen molar-refractivity contribution in [2.45, 2.75) is 64.1 Å². The molecule has 2 atom stereocenters. The van der Waals surface area contributed by atoms with E-state index in [4.69, 9.17) is 4.74 Å². The normalized spacial score (nSPS) is 29.9. The van der Waals surface area contributed by atoms with Crippen molar-refractivity contribution >= 4 is 0 Å². The Hall–Kier alpha value is -0.540. The third-order valence-electron chi connectivity index (χ3n) is 4.71. The fourth-order valence-electron chi connectivity index (χ4n) is 3.41. The van der Waals surface area contributed by atoms with Crippen molar-refractivity contribution in [3.63, 3.8) is 0 Å². The summed E-state index contributed by atoms with van der Waals surface area (Å²) in [5.41, 5.74) is 0. The fraction of sp³-hybridized carbons (Fsp3) is 0.875. The molecule has 2 aliphatic rings. The highest BCUT2D eigenvalue weighted by Gasteiger charge is 2.30. The lowest BCUT2D eigenvalue weighted by molar-refractivity contribution is 0.0667. The zero-order valence-electron chi connectivity index (χ0n) is 12.9. The maximum Gasteiger partial charge on any atom is 0.106 e. The summed E-state index contributed by atoms with van der Waals surface area (Å²) in [6.07, 6.45) is 6.42. The SMILES string of the molecule is C=C(OCC1CCCCN1C)[C@H]1CCCN1C(C)C. The molecule has 0 aromatic heterocycles. The molecule has 0 saturated carbocycles. The van der Waals surface area contributed by atoms with E-state index < -0.39 is 0 Å². The largest absolute Gasteiger partial charge is 0.495 e. The molecule has 0 aromatic carbocycles. The quantitative estimate of drug-likeness (QED) is 0.712. The molecule has 2 heterocycles. The second kappa shape index (κ2) is 6.76. The molecule has 19 heavy (non-hydrogen) atoms. The van der Waals surface area contributed by atoms with Crippen molar-refractivity contribution in [3.05, 3.63) is 12.3 Å². The van der Waals surface area contributed by atoms with Crippen LogP contribution in [0, 0.1) is 0 Å². The summed E-state index contributed by atoms with van der Waals surface area (Å²) in [5, 5.41) is 0. The van der Waals surface area contributed by atoms with Gasteiger partial charge in [0.15, 0.2) is 0 Å². The maximum atomic E-state index is 6.04. The minimum absolute atomic E-state index is 0.439. The van der Waals surface area contributed by atoms with Crippen molar-refractivity contribution in [3.8, 4) is 0 Å². The van der Waals surface area contributed by atoms with Gasteiger partial charge in [-0.25, -0.2) is 0 Å². The number of hydrogen-bond donors (Lipinski definition) is 0. The molecule has 3 nitrogen and oxygen atoms in total. The molecule has 2 saturated heterocycles. The van der Waals surface area contributed by atoms with Gasteiger partial charge in [-0.2, -0.15) is 0 Å². The van der Waals surface area contributed by atoms with Crippen molar-refractivity contribution in [1.82, 2.24) is 9.80 Å². The zero-order chi connectivity index (χ0) is 13.8. The lowest BCUT2D eigenvalue weighted by Crippen LogP contribution is -2.41. The topological polar surface area (TPSA) is 15.7 Å². The Labute approximate surface area is 118 Å². The van der Waals surface area contributed by atoms with Gasteiger partial charge in [-0.15, -0.1) is 0 Å². The summed E-state index contributed by atoms with van der Waals surface area (Å²) in [6, 6.07) is 1.61. The van der Waals surface area contributed by atoms with Crippen molar-refractivity contribution < 1.29 is 4.74 Å². The van der Waals surface area contributed by atoms with Crippen LogP contribution < -0.4 is 0 Å². The van der Waals surface area contributed by atoms with E-state index in [-0.39, 0.29) is 0 Å². The number of hydrogen-bond acceptors (Lipinski definition) is 3. The van der Waals surface area contributed by atoms with Gasteiger partial charge in [0.1, 0.15) is 12.4 Å². The van der Waals surface area contributed by atoms with E-state index in [2.05, 4.69) is 37.3 Å². The summed E-state index contributed by atoms with van der Waals surface area (Å²) in [6.45, 7) is 11.9. The molecule has 1 unspecified atom stereocenters. The fourth-order valence-corrected chi connectivity index (χ4v) is 3.41. The van der Waals surface area contributed by atoms with Crippen LogP contribution in [-0.2, 0) is 4.74 Å². The molecule has 110 valence electrons. The first-order chi connectivity index (χ1) is 9.09. The number of piperidine rings is 1. The Kier molecular flexibility index (Phi) is 5.28. The van der Waals surface area contributed by atoms with Crippen LogP contribution in [0.25, 0.3) is 0 Å². The maximum absolute atomic E-state index is 6.04. The van der Waals surface area contributed by atoms with Gasteiger partial charge in [0, 0.05) is 12.1 Å². The summed E-state index contributed by atoms with van der Waals surface area (Å²) < 4.78 is 6.04. The molecular weight excluding hydrogens is 236 g/mol. The van der Waals surface area contributed by atoms with E-state index >= 15 is 0 Å². The van der Waals surface area contributed by atoms with E-state index in [0.29, 0.717) is 18.1 Å². The molecular formula is C16H30N2O. The van der Waals surface area contributed by atoms with Crippen LogP contribution in [-0.4, -0.2) is 54.7 Å². The monoisotopic (exact) mass is 266 g/mol. The van der Waals surface area contributed by atoms with Crippen LogP contribution >= 0.6 is 0 Å². The lowest BCUT2D eigenvalue weighted by atomic mass is 10.0. The first-order valence-corrected chi connectivity index (χ1v) is 7.87. The van der Waals surface area contributed by atoms with E-state index in [0.717, 1.165) is 12.4 Å². The highest BCUT2D eigenvalue weighted by molar-refractivity contribution is 5.02. The second-order valence-electron chi connectivity index (χ2n) is 6.40. The van der Waals surface area contributed by atoms with Gasteiger partial charge < -0.3 is 9.64 Å². The van der Waals surface area contributed by atoms with E-state index in [1.165, 1.54) is 45.2 Å². The van der Waals surface area contributed by atoms with E-state index in [9.17, 15) is 0 Å². The van der Waals surface area contributed by atoms with Gasteiger partial charge in [0.05, 0.1) is 6.04 Å². The lowest BCUT2D eigenvalue weighted by Gasteiger charge is -2.34. The minimum atomic E-state index is 0.439. The highest BCUT2D eigenvalue weighted by atomic mass is 16.5. The summed E-state index contributed by atoms with van der Waals surface area (Å²) in [7, 11) is 2.21. The van der Waals surface area contributed by atoms with Gasteiger partial charge in [0.2, 0.25) is 0 Å². The van der Waals surface area contributed by atoms with Gasteiger partial charge in [-0.05, 0) is 59.7 Å². The van der Waals surface area contributed by atoms with Crippen LogP contribution in [0.2, 0.25) is 0 Å². The molecule has 0 aliphatic carbocycles. The molecule has 2 aliphatic heterocycles. The van der Waals surface area contributed by atoms with Crippen LogP contribution in [0.1, 0.15) is 46.0 Å². The smallest absolute Gasteiger partial charge is 0.106 e. The first-order valence-electron chi connectivity index (χ1n) is 7.87. The molecule has 0 amide bonds. The van der Waals surface area contributed by atoms with Crippen molar-refractivity contribution in [2.24, 2.45) is 0 Å². The van der Waals surface area contributed by atoms with Crippen LogP contribution in [0.4, 0.5) is 0 Å². The standard InChI is InChI=1S/C16H30N2O/c1-13(2)18-11-7-9-16(18)14(3)19-12-15-8-5-6-10-17(15)4/h13,15-16H,3,5-12H2,1-2,4H3/t15?,16-/m1/s1. The first kappa shape index (κ1) is 14.9. The Morgan fingerprint density at radius 1 is 1.21 bits per heavy atom. The number of likely N-dealkylation sites (tertiary alicyclic amines) is 2. The van der Waals surface area contributed by atoms with Gasteiger partial charge >= 0.3 is 0 Å². The molecule has 2 rings (SSSR count). The Bertz CT molecular complexity index is 303. The molecule has 0 radical (unpaired) electrons. The third kappa shape index (κ3) is 3.73. The molecule has 0 bridgehead atoms. The third-order valence-corrected chi connectivity index (χ3v) is 4.71. The van der Waals surface area contributed by atoms with E-state index in [1.807, 2.05) is 0 Å². The van der Waals surface area contributed by atoms with Gasteiger partial charge in [-0.1, -0.05) is 13.0 Å². The molecule has 0 N–H and O–H groups in total. The number of rotatable bonds is 5. The Balaban J connectivity index is 1.80. The average molecular weight is 266 g/mol. The average Bonchev–Trinajstić information content (AvgIpc) is 2.87. The summed E-state index contributed by atoms with van der Waals surface area (Å²) in [4.78, 5) is 4.96. The predicted molar refractivity (Wildman–Crippen MR) is 80.2 cm³/mol. The predicted octanol–water partition coefficient (Wildman–Crippen LogP) is 2.87. The van der Waals surface area contributed by atoms with E-state index in [1.54, 1.807) is 0 Å². The van der Waals surface area contributed by atoms with Gasteiger partial charge in [-0.3, -0.25) is 4.90 Å². The summed E-state index contributed by atoms with van der Waals surface area (Å²) >= 11 is 0.